The number of ether oxygens (including phenoxy) is 2. The average molecular weight is 490 g/mol. The van der Waals surface area contributed by atoms with Crippen LogP contribution in [0.15, 0.2) is 34.8 Å². The highest BCUT2D eigenvalue weighted by Gasteiger charge is 2.13. The first-order valence-corrected chi connectivity index (χ1v) is 10.8. The zero-order valence-electron chi connectivity index (χ0n) is 16.5. The van der Waals surface area contributed by atoms with Gasteiger partial charge in [0.15, 0.2) is 11.5 Å². The molecule has 0 saturated carbocycles. The molecule has 7 heteroatoms. The lowest BCUT2D eigenvalue weighted by molar-refractivity contribution is 0.267. The van der Waals surface area contributed by atoms with Gasteiger partial charge in [0.05, 0.1) is 21.1 Å². The van der Waals surface area contributed by atoms with Crippen LogP contribution < -0.4 is 14.8 Å². The van der Waals surface area contributed by atoms with Crippen molar-refractivity contribution in [2.24, 2.45) is 0 Å². The van der Waals surface area contributed by atoms with Crippen molar-refractivity contribution in [2.75, 3.05) is 33.8 Å². The van der Waals surface area contributed by atoms with Gasteiger partial charge in [0, 0.05) is 6.54 Å². The number of nitrogens with zero attached hydrogens (tertiary/aromatic N) is 1. The summed E-state index contributed by atoms with van der Waals surface area (Å²) < 4.78 is 12.7. The Kier molecular flexibility index (Phi) is 9.89. The molecule has 28 heavy (non-hydrogen) atoms. The molecule has 0 aromatic heterocycles. The lowest BCUT2D eigenvalue weighted by Crippen LogP contribution is -2.21. The van der Waals surface area contributed by atoms with E-state index in [-0.39, 0.29) is 0 Å². The lowest BCUT2D eigenvalue weighted by Gasteiger charge is -2.16. The molecule has 0 bridgehead atoms. The second-order valence-corrected chi connectivity index (χ2v) is 8.38. The van der Waals surface area contributed by atoms with Gasteiger partial charge in [0.25, 0.3) is 0 Å². The Hall–Kier alpha value is -0.980. The van der Waals surface area contributed by atoms with Crippen molar-refractivity contribution in [1.82, 2.24) is 10.2 Å². The summed E-state index contributed by atoms with van der Waals surface area (Å²) in [6, 6.07) is 9.56. The largest absolute Gasteiger partial charge is 0.490 e. The average Bonchev–Trinajstić information content (AvgIpc) is 2.63. The summed E-state index contributed by atoms with van der Waals surface area (Å²) in [6.07, 6.45) is 1.11. The topological polar surface area (TPSA) is 33.7 Å². The van der Waals surface area contributed by atoms with Gasteiger partial charge in [-0.05, 0) is 91.9 Å². The zero-order valence-corrected chi connectivity index (χ0v) is 19.6. The molecule has 0 fully saturated rings. The minimum absolute atomic E-state index is 0.373. The first-order valence-electron chi connectivity index (χ1n) is 9.28. The van der Waals surface area contributed by atoms with Gasteiger partial charge in [-0.25, -0.2) is 0 Å². The lowest BCUT2D eigenvalue weighted by atomic mass is 10.2. The predicted octanol–water partition coefficient (Wildman–Crippen LogP) is 5.77. The molecule has 0 aliphatic heterocycles. The summed E-state index contributed by atoms with van der Waals surface area (Å²) in [5.74, 6) is 1.41. The van der Waals surface area contributed by atoms with E-state index in [1.165, 1.54) is 0 Å². The van der Waals surface area contributed by atoms with E-state index in [2.05, 4.69) is 46.3 Å². The Morgan fingerprint density at radius 1 is 1.04 bits per heavy atom. The molecule has 154 valence electrons. The quantitative estimate of drug-likeness (QED) is 0.406. The zero-order chi connectivity index (χ0) is 20.5. The van der Waals surface area contributed by atoms with Gasteiger partial charge >= 0.3 is 0 Å². The molecule has 2 rings (SSSR count). The van der Waals surface area contributed by atoms with Crippen molar-refractivity contribution in [3.8, 4) is 11.5 Å². The smallest absolute Gasteiger partial charge is 0.175 e. The highest BCUT2D eigenvalue weighted by Crippen LogP contribution is 2.37. The van der Waals surface area contributed by atoms with E-state index in [9.17, 15) is 0 Å². The molecule has 0 saturated heterocycles. The first-order chi connectivity index (χ1) is 13.4. The van der Waals surface area contributed by atoms with Crippen molar-refractivity contribution in [1.29, 1.82) is 0 Å². The van der Waals surface area contributed by atoms with E-state index < -0.39 is 0 Å². The van der Waals surface area contributed by atoms with Gasteiger partial charge in [-0.1, -0.05) is 29.3 Å². The van der Waals surface area contributed by atoms with Crippen LogP contribution in [0.2, 0.25) is 10.0 Å². The normalized spacial score (nSPS) is 11.1. The number of benzene rings is 2. The summed E-state index contributed by atoms with van der Waals surface area (Å²) in [6.45, 7) is 5.71. The predicted molar refractivity (Wildman–Crippen MR) is 121 cm³/mol. The molecule has 2 aromatic rings. The fraction of sp³-hybridized carbons (Fsp3) is 0.429. The van der Waals surface area contributed by atoms with E-state index >= 15 is 0 Å². The molecule has 1 N–H and O–H groups in total. The number of hydrogen-bond acceptors (Lipinski definition) is 4. The van der Waals surface area contributed by atoms with Gasteiger partial charge < -0.3 is 19.7 Å². The summed E-state index contributed by atoms with van der Waals surface area (Å²) in [5.41, 5.74) is 2.08. The van der Waals surface area contributed by atoms with Crippen molar-refractivity contribution >= 4 is 39.1 Å². The summed E-state index contributed by atoms with van der Waals surface area (Å²) in [4.78, 5) is 2.19. The van der Waals surface area contributed by atoms with Crippen LogP contribution in [0.1, 0.15) is 24.5 Å². The molecular weight excluding hydrogens is 463 g/mol. The molecule has 0 unspecified atom stereocenters. The maximum absolute atomic E-state index is 6.09. The number of rotatable bonds is 11. The van der Waals surface area contributed by atoms with Gasteiger partial charge in [-0.2, -0.15) is 0 Å². The summed E-state index contributed by atoms with van der Waals surface area (Å²) >= 11 is 15.7. The Balaban J connectivity index is 2.03. The maximum atomic E-state index is 6.09. The van der Waals surface area contributed by atoms with Crippen LogP contribution in [-0.2, 0) is 13.2 Å². The third kappa shape index (κ3) is 7.45. The van der Waals surface area contributed by atoms with Crippen molar-refractivity contribution in [3.63, 3.8) is 0 Å². The molecule has 0 amide bonds. The maximum Gasteiger partial charge on any atom is 0.175 e. The van der Waals surface area contributed by atoms with Crippen LogP contribution in [0.3, 0.4) is 0 Å². The van der Waals surface area contributed by atoms with Crippen molar-refractivity contribution in [3.05, 3.63) is 56.0 Å². The molecule has 0 spiro atoms. The monoisotopic (exact) mass is 488 g/mol. The van der Waals surface area contributed by atoms with Crippen LogP contribution in [0.25, 0.3) is 0 Å². The second-order valence-electron chi connectivity index (χ2n) is 6.71. The van der Waals surface area contributed by atoms with Crippen LogP contribution >= 0.6 is 39.1 Å². The van der Waals surface area contributed by atoms with E-state index in [0.29, 0.717) is 29.0 Å². The summed E-state index contributed by atoms with van der Waals surface area (Å²) in [7, 11) is 4.17. The Morgan fingerprint density at radius 2 is 1.82 bits per heavy atom. The Labute approximate surface area is 186 Å². The molecule has 0 aliphatic carbocycles. The Bertz CT molecular complexity index is 772. The van der Waals surface area contributed by atoms with Crippen LogP contribution in [-0.4, -0.2) is 38.7 Å². The molecule has 4 nitrogen and oxygen atoms in total. The highest BCUT2D eigenvalue weighted by atomic mass is 79.9. The fourth-order valence-electron chi connectivity index (χ4n) is 2.66. The molecule has 0 heterocycles. The number of hydrogen-bond donors (Lipinski definition) is 1. The van der Waals surface area contributed by atoms with E-state index in [4.69, 9.17) is 32.7 Å². The fourth-order valence-corrected chi connectivity index (χ4v) is 3.59. The minimum Gasteiger partial charge on any atom is -0.490 e. The summed E-state index contributed by atoms with van der Waals surface area (Å²) in [5, 5.41) is 4.52. The van der Waals surface area contributed by atoms with Gasteiger partial charge in [-0.3, -0.25) is 0 Å². The van der Waals surface area contributed by atoms with Crippen molar-refractivity contribution < 1.29 is 9.47 Å². The van der Waals surface area contributed by atoms with Crippen molar-refractivity contribution in [2.45, 2.75) is 26.5 Å². The van der Waals surface area contributed by atoms with E-state index in [1.807, 2.05) is 25.1 Å². The van der Waals surface area contributed by atoms with Crippen LogP contribution in [0, 0.1) is 0 Å². The number of nitrogens with one attached hydrogen (secondary N) is 1. The third-order valence-corrected chi connectivity index (χ3v) is 5.35. The molecule has 2 aromatic carbocycles. The molecule has 0 radical (unpaired) electrons. The van der Waals surface area contributed by atoms with Gasteiger partial charge in [-0.15, -0.1) is 0 Å². The van der Waals surface area contributed by atoms with Gasteiger partial charge in [0.2, 0.25) is 0 Å². The second kappa shape index (κ2) is 11.9. The molecular formula is C21H27BrCl2N2O2. The standard InChI is InChI=1S/C21H27BrCl2N2O2/c1-4-27-20-12-16(13-25-8-5-9-26(2)3)10-17(22)21(20)28-14-15-6-7-18(23)19(24)11-15/h6-7,10-12,25H,4-5,8-9,13-14H2,1-3H3. The van der Waals surface area contributed by atoms with Gasteiger partial charge in [0.1, 0.15) is 6.61 Å². The minimum atomic E-state index is 0.373. The number of halogens is 3. The Morgan fingerprint density at radius 3 is 2.50 bits per heavy atom. The highest BCUT2D eigenvalue weighted by molar-refractivity contribution is 9.10. The van der Waals surface area contributed by atoms with E-state index in [0.717, 1.165) is 47.4 Å². The molecule has 0 atom stereocenters. The first kappa shape index (κ1) is 23.3. The SMILES string of the molecule is CCOc1cc(CNCCCN(C)C)cc(Br)c1OCc1ccc(Cl)c(Cl)c1. The third-order valence-electron chi connectivity index (χ3n) is 4.02. The van der Waals surface area contributed by atoms with Crippen LogP contribution in [0.4, 0.5) is 0 Å². The van der Waals surface area contributed by atoms with E-state index in [1.54, 1.807) is 6.07 Å². The molecule has 0 aliphatic rings. The van der Waals surface area contributed by atoms with Crippen LogP contribution in [0.5, 0.6) is 11.5 Å².